The molecule has 0 radical (unpaired) electrons. The van der Waals surface area contributed by atoms with Gasteiger partial charge in [0.2, 0.25) is 0 Å². The van der Waals surface area contributed by atoms with Gasteiger partial charge in [-0.2, -0.15) is 0 Å². The molecule has 3 heteroatoms. The zero-order valence-electron chi connectivity index (χ0n) is 11.7. The molecule has 2 fully saturated rings. The van der Waals surface area contributed by atoms with E-state index < -0.39 is 0 Å². The summed E-state index contributed by atoms with van der Waals surface area (Å²) >= 11 is 0. The lowest BCUT2D eigenvalue weighted by molar-refractivity contribution is -0.0231. The number of rotatable bonds is 8. The highest BCUT2D eigenvalue weighted by Crippen LogP contribution is 2.36. The van der Waals surface area contributed by atoms with Crippen molar-refractivity contribution in [1.82, 2.24) is 5.32 Å². The van der Waals surface area contributed by atoms with E-state index in [1.54, 1.807) is 0 Å². The third-order valence-corrected chi connectivity index (χ3v) is 4.35. The van der Waals surface area contributed by atoms with Crippen molar-refractivity contribution >= 4 is 0 Å². The summed E-state index contributed by atoms with van der Waals surface area (Å²) in [6.07, 6.45) is 9.14. The fourth-order valence-electron chi connectivity index (χ4n) is 2.85. The Balaban J connectivity index is 1.47. The number of aliphatic hydroxyl groups is 1. The van der Waals surface area contributed by atoms with Gasteiger partial charge in [0.25, 0.3) is 0 Å². The van der Waals surface area contributed by atoms with E-state index in [4.69, 9.17) is 4.74 Å². The molecule has 106 valence electrons. The van der Waals surface area contributed by atoms with E-state index in [1.165, 1.54) is 44.9 Å². The Morgan fingerprint density at radius 1 is 1.11 bits per heavy atom. The molecule has 3 nitrogen and oxygen atoms in total. The van der Waals surface area contributed by atoms with Crippen LogP contribution in [0, 0.1) is 11.8 Å². The van der Waals surface area contributed by atoms with Crippen molar-refractivity contribution in [3.63, 3.8) is 0 Å². The summed E-state index contributed by atoms with van der Waals surface area (Å²) in [6, 6.07) is 0. The Morgan fingerprint density at radius 2 is 1.83 bits per heavy atom. The van der Waals surface area contributed by atoms with Crippen molar-refractivity contribution in [2.45, 2.75) is 64.1 Å². The molecule has 0 heterocycles. The summed E-state index contributed by atoms with van der Waals surface area (Å²) in [4.78, 5) is 0. The van der Waals surface area contributed by atoms with Crippen molar-refractivity contribution in [1.29, 1.82) is 0 Å². The Kier molecular flexibility index (Phi) is 5.93. The van der Waals surface area contributed by atoms with Gasteiger partial charge >= 0.3 is 0 Å². The predicted molar refractivity (Wildman–Crippen MR) is 73.6 cm³/mol. The molecular formula is C15H29NO2. The highest BCUT2D eigenvalue weighted by atomic mass is 16.5. The highest BCUT2D eigenvalue weighted by molar-refractivity contribution is 4.80. The molecular weight excluding hydrogens is 226 g/mol. The standard InChI is InChI=1S/C15H29NO2/c1-12(13-7-8-13)9-16-10-14(17)11-18-15-5-3-2-4-6-15/h12-17H,2-11H2,1H3. The van der Waals surface area contributed by atoms with Crippen LogP contribution in [0.4, 0.5) is 0 Å². The Morgan fingerprint density at radius 3 is 2.50 bits per heavy atom. The Labute approximate surface area is 111 Å². The molecule has 0 bridgehead atoms. The fraction of sp³-hybridized carbons (Fsp3) is 1.00. The lowest BCUT2D eigenvalue weighted by atomic mass is 9.98. The minimum Gasteiger partial charge on any atom is -0.389 e. The molecule has 2 aliphatic rings. The largest absolute Gasteiger partial charge is 0.389 e. The summed E-state index contributed by atoms with van der Waals surface area (Å²) in [5, 5.41) is 13.2. The minimum atomic E-state index is -0.349. The van der Waals surface area contributed by atoms with Gasteiger partial charge < -0.3 is 15.2 Å². The van der Waals surface area contributed by atoms with Gasteiger partial charge in [-0.15, -0.1) is 0 Å². The van der Waals surface area contributed by atoms with Gasteiger partial charge in [-0.3, -0.25) is 0 Å². The lowest BCUT2D eigenvalue weighted by Crippen LogP contribution is -2.34. The molecule has 0 aromatic carbocycles. The summed E-state index contributed by atoms with van der Waals surface area (Å²) in [6.45, 7) is 4.50. The van der Waals surface area contributed by atoms with Crippen molar-refractivity contribution in [2.24, 2.45) is 11.8 Å². The number of ether oxygens (including phenoxy) is 1. The molecule has 2 N–H and O–H groups in total. The molecule has 0 amide bonds. The van der Waals surface area contributed by atoms with Crippen molar-refractivity contribution in [3.8, 4) is 0 Å². The predicted octanol–water partition coefficient (Wildman–Crippen LogP) is 2.33. The van der Waals surface area contributed by atoms with Gasteiger partial charge in [0.05, 0.1) is 18.8 Å². The number of nitrogens with one attached hydrogen (secondary N) is 1. The second-order valence-corrected chi connectivity index (χ2v) is 6.22. The van der Waals surface area contributed by atoms with Gasteiger partial charge in [0.15, 0.2) is 0 Å². The maximum absolute atomic E-state index is 9.86. The third-order valence-electron chi connectivity index (χ3n) is 4.35. The van der Waals surface area contributed by atoms with Crippen LogP contribution in [-0.4, -0.2) is 37.0 Å². The summed E-state index contributed by atoms with van der Waals surface area (Å²) in [5.74, 6) is 1.70. The van der Waals surface area contributed by atoms with Crippen LogP contribution in [0.1, 0.15) is 51.9 Å². The van der Waals surface area contributed by atoms with Crippen LogP contribution in [0.3, 0.4) is 0 Å². The summed E-state index contributed by atoms with van der Waals surface area (Å²) in [5.41, 5.74) is 0. The first-order valence-corrected chi connectivity index (χ1v) is 7.76. The van der Waals surface area contributed by atoms with E-state index in [0.717, 1.165) is 18.4 Å². The molecule has 0 spiro atoms. The SMILES string of the molecule is CC(CNCC(O)COC1CCCCC1)C1CC1. The molecule has 0 aromatic heterocycles. The smallest absolute Gasteiger partial charge is 0.0897 e. The Bertz CT molecular complexity index is 225. The zero-order valence-corrected chi connectivity index (χ0v) is 11.7. The molecule has 0 aromatic rings. The highest BCUT2D eigenvalue weighted by Gasteiger charge is 2.27. The minimum absolute atomic E-state index is 0.349. The molecule has 2 rings (SSSR count). The number of aliphatic hydroxyl groups excluding tert-OH is 1. The van der Waals surface area contributed by atoms with Crippen LogP contribution in [-0.2, 0) is 4.74 Å². The first-order valence-electron chi connectivity index (χ1n) is 7.76. The topological polar surface area (TPSA) is 41.5 Å². The second-order valence-electron chi connectivity index (χ2n) is 6.22. The number of hydrogen-bond donors (Lipinski definition) is 2. The summed E-state index contributed by atoms with van der Waals surface area (Å²) < 4.78 is 5.77. The van der Waals surface area contributed by atoms with E-state index in [2.05, 4.69) is 12.2 Å². The third kappa shape index (κ3) is 5.25. The first kappa shape index (κ1) is 14.3. The van der Waals surface area contributed by atoms with E-state index in [0.29, 0.717) is 19.3 Å². The van der Waals surface area contributed by atoms with Gasteiger partial charge in [-0.1, -0.05) is 26.2 Å². The van der Waals surface area contributed by atoms with E-state index in [1.807, 2.05) is 0 Å². The average Bonchev–Trinajstić information content (AvgIpc) is 3.22. The van der Waals surface area contributed by atoms with Gasteiger partial charge in [-0.25, -0.2) is 0 Å². The van der Waals surface area contributed by atoms with Crippen LogP contribution >= 0.6 is 0 Å². The van der Waals surface area contributed by atoms with Crippen molar-refractivity contribution < 1.29 is 9.84 Å². The fourth-order valence-corrected chi connectivity index (χ4v) is 2.85. The maximum atomic E-state index is 9.86. The zero-order chi connectivity index (χ0) is 12.8. The van der Waals surface area contributed by atoms with Crippen LogP contribution in [0.2, 0.25) is 0 Å². The van der Waals surface area contributed by atoms with Gasteiger partial charge in [0.1, 0.15) is 0 Å². The molecule has 18 heavy (non-hydrogen) atoms. The van der Waals surface area contributed by atoms with Gasteiger partial charge in [0, 0.05) is 6.54 Å². The summed E-state index contributed by atoms with van der Waals surface area (Å²) in [7, 11) is 0. The molecule has 2 saturated carbocycles. The average molecular weight is 255 g/mol. The molecule has 0 saturated heterocycles. The molecule has 2 unspecified atom stereocenters. The van der Waals surface area contributed by atoms with E-state index in [-0.39, 0.29) is 6.10 Å². The van der Waals surface area contributed by atoms with E-state index in [9.17, 15) is 5.11 Å². The lowest BCUT2D eigenvalue weighted by Gasteiger charge is -2.23. The second kappa shape index (κ2) is 7.46. The van der Waals surface area contributed by atoms with Gasteiger partial charge in [-0.05, 0) is 44.1 Å². The van der Waals surface area contributed by atoms with Crippen LogP contribution < -0.4 is 5.32 Å². The normalized spacial score (nSPS) is 25.0. The maximum Gasteiger partial charge on any atom is 0.0897 e. The number of hydrogen-bond acceptors (Lipinski definition) is 3. The monoisotopic (exact) mass is 255 g/mol. The molecule has 2 aliphatic carbocycles. The molecule has 0 aliphatic heterocycles. The quantitative estimate of drug-likeness (QED) is 0.699. The van der Waals surface area contributed by atoms with Crippen LogP contribution in [0.25, 0.3) is 0 Å². The van der Waals surface area contributed by atoms with Crippen molar-refractivity contribution in [2.75, 3.05) is 19.7 Å². The van der Waals surface area contributed by atoms with E-state index >= 15 is 0 Å². The van der Waals surface area contributed by atoms with Crippen LogP contribution in [0.15, 0.2) is 0 Å². The first-order chi connectivity index (χ1) is 8.75. The van der Waals surface area contributed by atoms with Crippen molar-refractivity contribution in [3.05, 3.63) is 0 Å². The molecule has 2 atom stereocenters. The van der Waals surface area contributed by atoms with Crippen LogP contribution in [0.5, 0.6) is 0 Å². The Hall–Kier alpha value is -0.120.